The standard InChI is InChI=1S/C24H23BN4O4/c1-15(30)17-4-7-21(20(25)10-17)33-19-5-2-16(3-6-19)11-28-23(32)24(8-9-24)29-22(31)18-12-26-14-27-13-18/h2-7,10,12-15,30H,8-9,11H2,1H3,(H,28,32)(H,29,31). The maximum Gasteiger partial charge on any atom is 0.255 e. The fourth-order valence-corrected chi connectivity index (χ4v) is 3.31. The van der Waals surface area contributed by atoms with Gasteiger partial charge in [0.15, 0.2) is 0 Å². The molecule has 1 heterocycles. The third-order valence-electron chi connectivity index (χ3n) is 5.48. The van der Waals surface area contributed by atoms with Gasteiger partial charge in [0.1, 0.15) is 31.2 Å². The number of amides is 2. The van der Waals surface area contributed by atoms with Gasteiger partial charge in [-0.15, -0.1) is 0 Å². The lowest BCUT2D eigenvalue weighted by Gasteiger charge is -2.17. The van der Waals surface area contributed by atoms with Gasteiger partial charge in [-0.3, -0.25) is 9.59 Å². The van der Waals surface area contributed by atoms with Crippen LogP contribution < -0.4 is 20.8 Å². The predicted octanol–water partition coefficient (Wildman–Crippen LogP) is 1.69. The molecule has 2 aromatic carbocycles. The Labute approximate surface area is 192 Å². The van der Waals surface area contributed by atoms with Crippen molar-refractivity contribution in [1.82, 2.24) is 20.6 Å². The number of hydrogen-bond donors (Lipinski definition) is 3. The first kappa shape index (κ1) is 22.5. The molecule has 0 saturated heterocycles. The molecule has 3 aromatic rings. The highest BCUT2D eigenvalue weighted by Crippen LogP contribution is 2.36. The summed E-state index contributed by atoms with van der Waals surface area (Å²) in [5.74, 6) is 0.498. The molecule has 1 aliphatic rings. The Hall–Kier alpha value is -3.72. The van der Waals surface area contributed by atoms with Crippen molar-refractivity contribution in [3.05, 3.63) is 77.9 Å². The monoisotopic (exact) mass is 442 g/mol. The number of rotatable bonds is 8. The predicted molar refractivity (Wildman–Crippen MR) is 122 cm³/mol. The first-order chi connectivity index (χ1) is 15.9. The van der Waals surface area contributed by atoms with Crippen molar-refractivity contribution in [1.29, 1.82) is 0 Å². The van der Waals surface area contributed by atoms with Crippen LogP contribution in [0.25, 0.3) is 0 Å². The van der Waals surface area contributed by atoms with Gasteiger partial charge in [0.2, 0.25) is 5.91 Å². The summed E-state index contributed by atoms with van der Waals surface area (Å²) in [6.07, 6.45) is 4.73. The Morgan fingerprint density at radius 3 is 2.45 bits per heavy atom. The first-order valence-corrected chi connectivity index (χ1v) is 10.6. The first-order valence-electron chi connectivity index (χ1n) is 10.6. The summed E-state index contributed by atoms with van der Waals surface area (Å²) in [6, 6.07) is 12.4. The van der Waals surface area contributed by atoms with E-state index >= 15 is 0 Å². The van der Waals surface area contributed by atoms with Crippen molar-refractivity contribution in [2.75, 3.05) is 0 Å². The summed E-state index contributed by atoms with van der Waals surface area (Å²) < 4.78 is 5.82. The smallest absolute Gasteiger partial charge is 0.255 e. The van der Waals surface area contributed by atoms with Gasteiger partial charge in [0, 0.05) is 18.9 Å². The van der Waals surface area contributed by atoms with Gasteiger partial charge in [-0.2, -0.15) is 0 Å². The van der Waals surface area contributed by atoms with Gasteiger partial charge in [-0.25, -0.2) is 9.97 Å². The molecule has 0 aliphatic heterocycles. The highest BCUT2D eigenvalue weighted by Gasteiger charge is 2.51. The molecule has 1 unspecified atom stereocenters. The highest BCUT2D eigenvalue weighted by atomic mass is 16.5. The molecule has 2 amide bonds. The lowest BCUT2D eigenvalue weighted by atomic mass is 9.92. The third-order valence-corrected chi connectivity index (χ3v) is 5.48. The van der Waals surface area contributed by atoms with Crippen LogP contribution in [0.5, 0.6) is 11.5 Å². The third kappa shape index (κ3) is 5.38. The fraction of sp³-hybridized carbons (Fsp3) is 0.250. The van der Waals surface area contributed by atoms with Crippen LogP contribution in [0.2, 0.25) is 0 Å². The molecule has 1 saturated carbocycles. The van der Waals surface area contributed by atoms with Crippen LogP contribution in [0.3, 0.4) is 0 Å². The van der Waals surface area contributed by atoms with Gasteiger partial charge in [-0.05, 0) is 49.1 Å². The van der Waals surface area contributed by atoms with Crippen molar-refractivity contribution in [2.24, 2.45) is 0 Å². The number of hydrogen-bond acceptors (Lipinski definition) is 6. The van der Waals surface area contributed by atoms with E-state index in [-0.39, 0.29) is 11.8 Å². The minimum Gasteiger partial charge on any atom is -0.458 e. The summed E-state index contributed by atoms with van der Waals surface area (Å²) in [6.45, 7) is 1.99. The summed E-state index contributed by atoms with van der Waals surface area (Å²) in [5, 5.41) is 15.3. The lowest BCUT2D eigenvalue weighted by Crippen LogP contribution is -2.48. The number of nitrogens with one attached hydrogen (secondary N) is 2. The normalized spacial score (nSPS) is 14.7. The van der Waals surface area contributed by atoms with E-state index in [1.165, 1.54) is 18.7 Å². The van der Waals surface area contributed by atoms with Gasteiger partial charge in [-0.1, -0.05) is 29.7 Å². The van der Waals surface area contributed by atoms with E-state index in [1.54, 1.807) is 37.3 Å². The summed E-state index contributed by atoms with van der Waals surface area (Å²) >= 11 is 0. The molecule has 4 rings (SSSR count). The summed E-state index contributed by atoms with van der Waals surface area (Å²) in [4.78, 5) is 32.7. The molecule has 9 heteroatoms. The van der Waals surface area contributed by atoms with Gasteiger partial charge in [0.05, 0.1) is 11.7 Å². The second-order valence-corrected chi connectivity index (χ2v) is 8.07. The van der Waals surface area contributed by atoms with Crippen molar-refractivity contribution < 1.29 is 19.4 Å². The van der Waals surface area contributed by atoms with Crippen molar-refractivity contribution in [3.8, 4) is 11.5 Å². The van der Waals surface area contributed by atoms with Crippen LogP contribution in [-0.2, 0) is 11.3 Å². The Morgan fingerprint density at radius 2 is 1.85 bits per heavy atom. The number of carbonyl (C=O) groups excluding carboxylic acids is 2. The van der Waals surface area contributed by atoms with E-state index in [1.807, 2.05) is 12.1 Å². The average Bonchev–Trinajstić information content (AvgIpc) is 3.60. The van der Waals surface area contributed by atoms with E-state index in [0.29, 0.717) is 47.5 Å². The average molecular weight is 442 g/mol. The second kappa shape index (κ2) is 9.42. The molecular weight excluding hydrogens is 419 g/mol. The Balaban J connectivity index is 1.31. The number of aliphatic hydroxyl groups excluding tert-OH is 1. The SMILES string of the molecule is [B]c1cc(C(C)O)ccc1Oc1ccc(CNC(=O)C2(NC(=O)c3cncnc3)CC2)cc1. The van der Waals surface area contributed by atoms with Crippen LogP contribution in [0.15, 0.2) is 61.2 Å². The molecule has 1 fully saturated rings. The number of aromatic nitrogens is 2. The molecule has 1 atom stereocenters. The second-order valence-electron chi connectivity index (χ2n) is 8.07. The minimum atomic E-state index is -0.883. The molecular formula is C24H23BN4O4. The molecule has 8 nitrogen and oxygen atoms in total. The fourth-order valence-electron chi connectivity index (χ4n) is 3.31. The highest BCUT2D eigenvalue weighted by molar-refractivity contribution is 6.34. The molecule has 2 radical (unpaired) electrons. The number of carbonyl (C=O) groups is 2. The topological polar surface area (TPSA) is 113 Å². The zero-order valence-corrected chi connectivity index (χ0v) is 18.1. The lowest BCUT2D eigenvalue weighted by molar-refractivity contribution is -0.124. The molecule has 166 valence electrons. The Morgan fingerprint density at radius 1 is 1.15 bits per heavy atom. The zero-order valence-electron chi connectivity index (χ0n) is 18.1. The van der Waals surface area contributed by atoms with E-state index in [2.05, 4.69) is 20.6 Å². The molecule has 33 heavy (non-hydrogen) atoms. The number of nitrogens with zero attached hydrogens (tertiary/aromatic N) is 2. The van der Waals surface area contributed by atoms with Crippen LogP contribution in [-0.4, -0.2) is 40.3 Å². The number of benzene rings is 2. The molecule has 1 aromatic heterocycles. The van der Waals surface area contributed by atoms with Crippen LogP contribution in [0.1, 0.15) is 47.4 Å². The van der Waals surface area contributed by atoms with Crippen LogP contribution in [0.4, 0.5) is 0 Å². The van der Waals surface area contributed by atoms with Gasteiger partial charge >= 0.3 is 0 Å². The number of aliphatic hydroxyl groups is 1. The Bertz CT molecular complexity index is 1150. The van der Waals surface area contributed by atoms with E-state index < -0.39 is 11.6 Å². The van der Waals surface area contributed by atoms with Gasteiger partial charge < -0.3 is 20.5 Å². The van der Waals surface area contributed by atoms with Crippen LogP contribution >= 0.6 is 0 Å². The molecule has 3 N–H and O–H groups in total. The molecule has 0 bridgehead atoms. The van der Waals surface area contributed by atoms with Crippen molar-refractivity contribution >= 4 is 25.1 Å². The number of ether oxygens (including phenoxy) is 1. The largest absolute Gasteiger partial charge is 0.458 e. The van der Waals surface area contributed by atoms with Gasteiger partial charge in [0.25, 0.3) is 5.91 Å². The zero-order chi connectivity index (χ0) is 23.4. The summed E-state index contributed by atoms with van der Waals surface area (Å²) in [7, 11) is 6.02. The Kier molecular flexibility index (Phi) is 6.41. The molecule has 0 spiro atoms. The van der Waals surface area contributed by atoms with E-state index in [0.717, 1.165) is 5.56 Å². The van der Waals surface area contributed by atoms with E-state index in [4.69, 9.17) is 12.6 Å². The van der Waals surface area contributed by atoms with E-state index in [9.17, 15) is 14.7 Å². The summed E-state index contributed by atoms with van der Waals surface area (Å²) in [5.41, 5.74) is 1.46. The quantitative estimate of drug-likeness (QED) is 0.458. The van der Waals surface area contributed by atoms with Crippen molar-refractivity contribution in [3.63, 3.8) is 0 Å². The van der Waals surface area contributed by atoms with Crippen molar-refractivity contribution in [2.45, 2.75) is 38.0 Å². The maximum atomic E-state index is 12.7. The minimum absolute atomic E-state index is 0.223. The van der Waals surface area contributed by atoms with Crippen LogP contribution in [0, 0.1) is 0 Å². The molecule has 1 aliphatic carbocycles. The maximum absolute atomic E-state index is 12.7.